The third-order valence-corrected chi connectivity index (χ3v) is 4.08. The molecule has 1 saturated heterocycles. The van der Waals surface area contributed by atoms with Crippen molar-refractivity contribution >= 4 is 23.5 Å². The zero-order valence-corrected chi connectivity index (χ0v) is 15.5. The van der Waals surface area contributed by atoms with Gasteiger partial charge in [-0.1, -0.05) is 0 Å². The Hall–Kier alpha value is -3.16. The van der Waals surface area contributed by atoms with Gasteiger partial charge in [0.1, 0.15) is 5.75 Å². The fraction of sp³-hybridized carbons (Fsp3) is 0.368. The summed E-state index contributed by atoms with van der Waals surface area (Å²) in [5.41, 5.74) is 0.556. The maximum absolute atomic E-state index is 12.4. The van der Waals surface area contributed by atoms with Gasteiger partial charge in [-0.3, -0.25) is 9.59 Å². The maximum atomic E-state index is 12.4. The van der Waals surface area contributed by atoms with Crippen LogP contribution in [0, 0.1) is 0 Å². The molecule has 27 heavy (non-hydrogen) atoms. The topological polar surface area (TPSA) is 87.7 Å². The van der Waals surface area contributed by atoms with Crippen LogP contribution in [0.1, 0.15) is 13.8 Å². The minimum atomic E-state index is -0.642. The van der Waals surface area contributed by atoms with E-state index in [-0.39, 0.29) is 6.10 Å². The minimum Gasteiger partial charge on any atom is -0.491 e. The third-order valence-electron chi connectivity index (χ3n) is 4.08. The molecule has 0 radical (unpaired) electrons. The second-order valence-electron chi connectivity index (χ2n) is 6.47. The lowest BCUT2D eigenvalue weighted by molar-refractivity contribution is -0.143. The number of nitrogens with one attached hydrogen (secondary N) is 1. The van der Waals surface area contributed by atoms with Crippen molar-refractivity contribution in [1.82, 2.24) is 14.9 Å². The lowest BCUT2D eigenvalue weighted by Gasteiger charge is -2.34. The van der Waals surface area contributed by atoms with Gasteiger partial charge in [0, 0.05) is 44.3 Å². The second kappa shape index (κ2) is 8.48. The lowest BCUT2D eigenvalue weighted by atomic mass is 10.2. The Bertz CT molecular complexity index is 772. The van der Waals surface area contributed by atoms with E-state index in [1.165, 1.54) is 0 Å². The van der Waals surface area contributed by atoms with E-state index < -0.39 is 11.8 Å². The number of carbonyl (C=O) groups excluding carboxylic acids is 2. The summed E-state index contributed by atoms with van der Waals surface area (Å²) in [5, 5.41) is 2.64. The van der Waals surface area contributed by atoms with Gasteiger partial charge < -0.3 is 19.9 Å². The van der Waals surface area contributed by atoms with Crippen LogP contribution < -0.4 is 15.0 Å². The number of amides is 2. The number of benzene rings is 1. The van der Waals surface area contributed by atoms with Gasteiger partial charge in [0.15, 0.2) is 0 Å². The van der Waals surface area contributed by atoms with Crippen LogP contribution in [0.25, 0.3) is 0 Å². The summed E-state index contributed by atoms with van der Waals surface area (Å²) >= 11 is 0. The van der Waals surface area contributed by atoms with Crippen molar-refractivity contribution in [3.05, 3.63) is 42.7 Å². The third kappa shape index (κ3) is 4.93. The van der Waals surface area contributed by atoms with E-state index >= 15 is 0 Å². The monoisotopic (exact) mass is 369 g/mol. The van der Waals surface area contributed by atoms with Crippen LogP contribution in [-0.2, 0) is 9.59 Å². The van der Waals surface area contributed by atoms with Gasteiger partial charge in [0.05, 0.1) is 6.10 Å². The molecule has 1 aliphatic heterocycles. The summed E-state index contributed by atoms with van der Waals surface area (Å²) in [5.74, 6) is 0.175. The molecule has 0 unspecified atom stereocenters. The van der Waals surface area contributed by atoms with Crippen LogP contribution in [0.15, 0.2) is 42.7 Å². The fourth-order valence-electron chi connectivity index (χ4n) is 2.78. The van der Waals surface area contributed by atoms with E-state index in [2.05, 4.69) is 15.3 Å². The number of hydrogen-bond donors (Lipinski definition) is 1. The highest BCUT2D eigenvalue weighted by atomic mass is 16.5. The van der Waals surface area contributed by atoms with E-state index in [0.717, 1.165) is 0 Å². The molecule has 8 nitrogen and oxygen atoms in total. The van der Waals surface area contributed by atoms with Crippen molar-refractivity contribution < 1.29 is 14.3 Å². The summed E-state index contributed by atoms with van der Waals surface area (Å²) in [7, 11) is 0. The normalized spacial score (nSPS) is 14.2. The number of anilines is 2. The number of aromatic nitrogens is 2. The van der Waals surface area contributed by atoms with Gasteiger partial charge in [0.2, 0.25) is 5.95 Å². The van der Waals surface area contributed by atoms with Crippen molar-refractivity contribution in [2.75, 3.05) is 36.4 Å². The van der Waals surface area contributed by atoms with Crippen LogP contribution in [0.4, 0.5) is 11.6 Å². The van der Waals surface area contributed by atoms with Gasteiger partial charge in [0.25, 0.3) is 0 Å². The van der Waals surface area contributed by atoms with Gasteiger partial charge in [-0.2, -0.15) is 0 Å². The molecule has 8 heteroatoms. The second-order valence-corrected chi connectivity index (χ2v) is 6.47. The van der Waals surface area contributed by atoms with Gasteiger partial charge in [-0.25, -0.2) is 9.97 Å². The first-order chi connectivity index (χ1) is 13.0. The maximum Gasteiger partial charge on any atom is 0.313 e. The Balaban J connectivity index is 1.51. The number of hydrogen-bond acceptors (Lipinski definition) is 6. The van der Waals surface area contributed by atoms with E-state index in [4.69, 9.17) is 4.74 Å². The Labute approximate surface area is 158 Å². The number of carbonyl (C=O) groups is 2. The summed E-state index contributed by atoms with van der Waals surface area (Å²) in [4.78, 5) is 36.6. The Kier molecular flexibility index (Phi) is 5.85. The molecule has 2 amide bonds. The molecular weight excluding hydrogens is 346 g/mol. The lowest BCUT2D eigenvalue weighted by Crippen LogP contribution is -2.52. The average molecular weight is 369 g/mol. The number of nitrogens with zero attached hydrogens (tertiary/aromatic N) is 4. The average Bonchev–Trinajstić information content (AvgIpc) is 2.69. The SMILES string of the molecule is CC(C)Oc1ccc(NC(=O)C(=O)N2CCN(c3ncccn3)CC2)cc1. The molecule has 0 aliphatic carbocycles. The molecular formula is C19H23N5O3. The summed E-state index contributed by atoms with van der Waals surface area (Å²) < 4.78 is 5.56. The van der Waals surface area contributed by atoms with Crippen molar-refractivity contribution in [3.8, 4) is 5.75 Å². The van der Waals surface area contributed by atoms with Crippen LogP contribution in [0.3, 0.4) is 0 Å². The Morgan fingerprint density at radius 2 is 1.67 bits per heavy atom. The van der Waals surface area contributed by atoms with E-state index in [0.29, 0.717) is 43.6 Å². The van der Waals surface area contributed by atoms with Gasteiger partial charge in [-0.15, -0.1) is 0 Å². The molecule has 0 saturated carbocycles. The van der Waals surface area contributed by atoms with Crippen LogP contribution in [0.2, 0.25) is 0 Å². The standard InChI is InChI=1S/C19H23N5O3/c1-14(2)27-16-6-4-15(5-7-16)22-17(25)18(26)23-10-12-24(13-11-23)19-20-8-3-9-21-19/h3-9,14H,10-13H2,1-2H3,(H,22,25). The summed E-state index contributed by atoms with van der Waals surface area (Å²) in [6, 6.07) is 8.72. The predicted molar refractivity (Wildman–Crippen MR) is 102 cm³/mol. The smallest absolute Gasteiger partial charge is 0.313 e. The first kappa shape index (κ1) is 18.6. The first-order valence-electron chi connectivity index (χ1n) is 8.92. The predicted octanol–water partition coefficient (Wildman–Crippen LogP) is 1.55. The minimum absolute atomic E-state index is 0.0759. The fourth-order valence-corrected chi connectivity index (χ4v) is 2.78. The van der Waals surface area contributed by atoms with Gasteiger partial charge >= 0.3 is 11.8 Å². The van der Waals surface area contributed by atoms with Crippen LogP contribution >= 0.6 is 0 Å². The quantitative estimate of drug-likeness (QED) is 0.823. The van der Waals surface area contributed by atoms with Crippen molar-refractivity contribution in [1.29, 1.82) is 0 Å². The number of rotatable bonds is 4. The zero-order valence-electron chi connectivity index (χ0n) is 15.5. The largest absolute Gasteiger partial charge is 0.491 e. The van der Waals surface area contributed by atoms with Crippen LogP contribution in [0.5, 0.6) is 5.75 Å². The molecule has 3 rings (SSSR count). The molecule has 0 bridgehead atoms. The molecule has 0 atom stereocenters. The highest BCUT2D eigenvalue weighted by Gasteiger charge is 2.26. The molecule has 142 valence electrons. The van der Waals surface area contributed by atoms with E-state index in [9.17, 15) is 9.59 Å². The molecule has 0 spiro atoms. The Morgan fingerprint density at radius 1 is 1.04 bits per heavy atom. The molecule has 1 aromatic heterocycles. The molecule has 1 N–H and O–H groups in total. The molecule has 2 heterocycles. The molecule has 1 aliphatic rings. The number of piperazine rings is 1. The summed E-state index contributed by atoms with van der Waals surface area (Å²) in [6.07, 6.45) is 3.45. The van der Waals surface area contributed by atoms with Crippen molar-refractivity contribution in [2.24, 2.45) is 0 Å². The zero-order chi connectivity index (χ0) is 19.2. The summed E-state index contributed by atoms with van der Waals surface area (Å²) in [6.45, 7) is 5.96. The van der Waals surface area contributed by atoms with Crippen molar-refractivity contribution in [3.63, 3.8) is 0 Å². The molecule has 1 aromatic carbocycles. The van der Waals surface area contributed by atoms with Gasteiger partial charge in [-0.05, 0) is 44.2 Å². The Morgan fingerprint density at radius 3 is 2.26 bits per heavy atom. The number of ether oxygens (including phenoxy) is 1. The highest BCUT2D eigenvalue weighted by Crippen LogP contribution is 2.17. The molecule has 2 aromatic rings. The molecule has 1 fully saturated rings. The van der Waals surface area contributed by atoms with Crippen molar-refractivity contribution in [2.45, 2.75) is 20.0 Å². The first-order valence-corrected chi connectivity index (χ1v) is 8.92. The van der Waals surface area contributed by atoms with E-state index in [1.54, 1.807) is 47.6 Å². The van der Waals surface area contributed by atoms with E-state index in [1.807, 2.05) is 18.7 Å². The van der Waals surface area contributed by atoms with Crippen LogP contribution in [-0.4, -0.2) is 59.0 Å². The highest BCUT2D eigenvalue weighted by molar-refractivity contribution is 6.39.